The predicted molar refractivity (Wildman–Crippen MR) is 74.0 cm³/mol. The van der Waals surface area contributed by atoms with E-state index in [0.717, 1.165) is 40.5 Å². The Bertz CT molecular complexity index is 525. The molecule has 0 saturated carbocycles. The van der Waals surface area contributed by atoms with Gasteiger partial charge in [0, 0.05) is 17.5 Å². The van der Waals surface area contributed by atoms with Crippen LogP contribution in [-0.4, -0.2) is 28.9 Å². The van der Waals surface area contributed by atoms with Crippen molar-refractivity contribution in [2.45, 2.75) is 19.8 Å². The fourth-order valence-electron chi connectivity index (χ4n) is 1.74. The van der Waals surface area contributed by atoms with Gasteiger partial charge in [-0.15, -0.1) is 10.2 Å². The molecular weight excluding hydrogens is 246 g/mol. The van der Waals surface area contributed by atoms with Gasteiger partial charge >= 0.3 is 0 Å². The molecule has 0 spiro atoms. The Morgan fingerprint density at radius 1 is 1.33 bits per heavy atom. The first-order valence-electron chi connectivity index (χ1n) is 5.98. The highest BCUT2D eigenvalue weighted by molar-refractivity contribution is 7.14. The number of aryl methyl sites for hydroxylation is 1. The summed E-state index contributed by atoms with van der Waals surface area (Å²) in [6.07, 6.45) is 2.00. The number of aromatic hydroxyl groups is 1. The van der Waals surface area contributed by atoms with Crippen LogP contribution in [0.5, 0.6) is 5.75 Å². The second-order valence-corrected chi connectivity index (χ2v) is 5.22. The van der Waals surface area contributed by atoms with E-state index >= 15 is 0 Å². The van der Waals surface area contributed by atoms with Gasteiger partial charge < -0.3 is 10.4 Å². The summed E-state index contributed by atoms with van der Waals surface area (Å²) < 4.78 is 0. The van der Waals surface area contributed by atoms with Gasteiger partial charge in [0.2, 0.25) is 0 Å². The Morgan fingerprint density at radius 2 is 2.17 bits per heavy atom. The van der Waals surface area contributed by atoms with Crippen LogP contribution in [0.25, 0.3) is 10.6 Å². The molecule has 4 nitrogen and oxygen atoms in total. The number of nitrogens with one attached hydrogen (secondary N) is 1. The largest absolute Gasteiger partial charge is 0.508 e. The maximum absolute atomic E-state index is 9.69. The second-order valence-electron chi connectivity index (χ2n) is 4.16. The molecule has 0 aliphatic carbocycles. The highest BCUT2D eigenvalue weighted by Gasteiger charge is 2.10. The number of hydrogen-bond donors (Lipinski definition) is 2. The van der Waals surface area contributed by atoms with Crippen molar-refractivity contribution >= 4 is 11.3 Å². The van der Waals surface area contributed by atoms with Gasteiger partial charge in [0.1, 0.15) is 15.8 Å². The zero-order chi connectivity index (χ0) is 13.0. The van der Waals surface area contributed by atoms with Crippen molar-refractivity contribution in [3.8, 4) is 16.3 Å². The first-order chi connectivity index (χ1) is 8.72. The van der Waals surface area contributed by atoms with E-state index in [2.05, 4.69) is 15.5 Å². The lowest BCUT2D eigenvalue weighted by Gasteiger charge is -2.02. The summed E-state index contributed by atoms with van der Waals surface area (Å²) >= 11 is 1.60. The van der Waals surface area contributed by atoms with Crippen LogP contribution in [0.1, 0.15) is 17.0 Å². The van der Waals surface area contributed by atoms with Crippen LogP contribution in [0, 0.1) is 6.92 Å². The van der Waals surface area contributed by atoms with Crippen molar-refractivity contribution in [1.29, 1.82) is 0 Å². The first kappa shape index (κ1) is 13.0. The fourth-order valence-corrected chi connectivity index (χ4v) is 2.70. The van der Waals surface area contributed by atoms with Gasteiger partial charge in [0.05, 0.1) is 0 Å². The summed E-state index contributed by atoms with van der Waals surface area (Å²) in [7, 11) is 1.95. The normalized spacial score (nSPS) is 10.8. The highest BCUT2D eigenvalue weighted by Crippen LogP contribution is 2.31. The summed E-state index contributed by atoms with van der Waals surface area (Å²) in [6.45, 7) is 2.88. The molecule has 2 rings (SSSR count). The third-order valence-corrected chi connectivity index (χ3v) is 3.84. The molecular formula is C13H17N3OS. The molecule has 0 atom stereocenters. The molecule has 18 heavy (non-hydrogen) atoms. The molecule has 0 unspecified atom stereocenters. The van der Waals surface area contributed by atoms with Gasteiger partial charge in [-0.1, -0.05) is 23.5 Å². The Morgan fingerprint density at radius 3 is 2.94 bits per heavy atom. The van der Waals surface area contributed by atoms with Crippen LogP contribution < -0.4 is 5.32 Å². The summed E-state index contributed by atoms with van der Waals surface area (Å²) in [5.41, 5.74) is 1.82. The van der Waals surface area contributed by atoms with Crippen LogP contribution >= 0.6 is 11.3 Å². The van der Waals surface area contributed by atoms with Gasteiger partial charge in [0.15, 0.2) is 0 Å². The monoisotopic (exact) mass is 263 g/mol. The van der Waals surface area contributed by atoms with Crippen LogP contribution in [0.15, 0.2) is 18.2 Å². The smallest absolute Gasteiger partial charge is 0.148 e. The number of aromatic nitrogens is 2. The van der Waals surface area contributed by atoms with E-state index in [-0.39, 0.29) is 0 Å². The summed E-state index contributed by atoms with van der Waals surface area (Å²) in [4.78, 5) is 0. The van der Waals surface area contributed by atoms with Crippen molar-refractivity contribution in [3.63, 3.8) is 0 Å². The molecule has 1 aromatic heterocycles. The van der Waals surface area contributed by atoms with Gasteiger partial charge in [0.25, 0.3) is 0 Å². The number of hydrogen-bond acceptors (Lipinski definition) is 5. The quantitative estimate of drug-likeness (QED) is 0.813. The number of phenols is 1. The molecule has 0 fully saturated rings. The molecule has 1 heterocycles. The predicted octanol–water partition coefficient (Wildman–Crippen LogP) is 2.37. The van der Waals surface area contributed by atoms with Crippen molar-refractivity contribution in [1.82, 2.24) is 15.5 Å². The third-order valence-electron chi connectivity index (χ3n) is 2.82. The van der Waals surface area contributed by atoms with E-state index in [1.165, 1.54) is 0 Å². The zero-order valence-corrected chi connectivity index (χ0v) is 11.4. The van der Waals surface area contributed by atoms with E-state index in [1.807, 2.05) is 26.1 Å². The maximum Gasteiger partial charge on any atom is 0.148 e. The molecule has 0 bridgehead atoms. The van der Waals surface area contributed by atoms with Gasteiger partial charge in [-0.3, -0.25) is 0 Å². The molecule has 0 radical (unpaired) electrons. The summed E-state index contributed by atoms with van der Waals surface area (Å²) in [5.74, 6) is 0.305. The number of benzene rings is 1. The molecule has 0 saturated heterocycles. The number of rotatable bonds is 5. The molecule has 0 aliphatic rings. The van der Waals surface area contributed by atoms with E-state index < -0.39 is 0 Å². The standard InChI is InChI=1S/C13H17N3OS/c1-9-10(5-3-6-11(9)17)13-16-15-12(18-13)7-4-8-14-2/h3,5-6,14,17H,4,7-8H2,1-2H3. The van der Waals surface area contributed by atoms with Crippen molar-refractivity contribution in [3.05, 3.63) is 28.8 Å². The van der Waals surface area contributed by atoms with E-state index in [9.17, 15) is 5.11 Å². The molecule has 2 aromatic rings. The maximum atomic E-state index is 9.69. The number of nitrogens with zero attached hydrogens (tertiary/aromatic N) is 2. The zero-order valence-electron chi connectivity index (χ0n) is 10.6. The highest BCUT2D eigenvalue weighted by atomic mass is 32.1. The van der Waals surface area contributed by atoms with Crippen LogP contribution in [-0.2, 0) is 6.42 Å². The Hall–Kier alpha value is -1.46. The van der Waals surface area contributed by atoms with Gasteiger partial charge in [-0.25, -0.2) is 0 Å². The second kappa shape index (κ2) is 5.93. The van der Waals surface area contributed by atoms with Crippen LogP contribution in [0.2, 0.25) is 0 Å². The van der Waals surface area contributed by atoms with Crippen molar-refractivity contribution in [2.75, 3.05) is 13.6 Å². The van der Waals surface area contributed by atoms with Gasteiger partial charge in [-0.2, -0.15) is 0 Å². The van der Waals surface area contributed by atoms with Crippen LogP contribution in [0.4, 0.5) is 0 Å². The average Bonchev–Trinajstić information content (AvgIpc) is 2.82. The molecule has 96 valence electrons. The van der Waals surface area contributed by atoms with Gasteiger partial charge in [-0.05, 0) is 33.0 Å². The molecule has 0 amide bonds. The SMILES string of the molecule is CNCCCc1nnc(-c2cccc(O)c2C)s1. The Labute approximate surface area is 111 Å². The summed E-state index contributed by atoms with van der Waals surface area (Å²) in [6, 6.07) is 5.49. The summed E-state index contributed by atoms with van der Waals surface area (Å²) in [5, 5.41) is 23.1. The lowest BCUT2D eigenvalue weighted by atomic mass is 10.1. The Balaban J connectivity index is 2.16. The minimum absolute atomic E-state index is 0.305. The average molecular weight is 263 g/mol. The fraction of sp³-hybridized carbons (Fsp3) is 0.385. The van der Waals surface area contributed by atoms with E-state index in [0.29, 0.717) is 5.75 Å². The molecule has 1 aromatic carbocycles. The third kappa shape index (κ3) is 2.86. The van der Waals surface area contributed by atoms with Crippen molar-refractivity contribution in [2.24, 2.45) is 0 Å². The lowest BCUT2D eigenvalue weighted by molar-refractivity contribution is 0.471. The minimum atomic E-state index is 0.305. The molecule has 0 aliphatic heterocycles. The Kier molecular flexibility index (Phi) is 4.28. The number of phenolic OH excluding ortho intramolecular Hbond substituents is 1. The topological polar surface area (TPSA) is 58.0 Å². The lowest BCUT2D eigenvalue weighted by Crippen LogP contribution is -2.08. The minimum Gasteiger partial charge on any atom is -0.508 e. The van der Waals surface area contributed by atoms with E-state index in [4.69, 9.17) is 0 Å². The van der Waals surface area contributed by atoms with E-state index in [1.54, 1.807) is 17.4 Å². The van der Waals surface area contributed by atoms with Crippen molar-refractivity contribution < 1.29 is 5.11 Å². The molecule has 5 heteroatoms. The van der Waals surface area contributed by atoms with Crippen LogP contribution in [0.3, 0.4) is 0 Å². The first-order valence-corrected chi connectivity index (χ1v) is 6.80. The molecule has 2 N–H and O–H groups in total.